The van der Waals surface area contributed by atoms with Gasteiger partial charge in [-0.3, -0.25) is 4.98 Å². The Morgan fingerprint density at radius 1 is 1.31 bits per heavy atom. The molecule has 1 N–H and O–H groups in total. The van der Waals surface area contributed by atoms with E-state index in [1.165, 1.54) is 18.5 Å². The molecule has 0 saturated carbocycles. The average molecular weight is 214 g/mol. The highest BCUT2D eigenvalue weighted by atomic mass is 15.1. The number of hydrogen-bond donors (Lipinski definition) is 1. The minimum atomic E-state index is 0.433. The van der Waals surface area contributed by atoms with Crippen molar-refractivity contribution in [3.8, 4) is 5.69 Å². The SMILES string of the molecule is c1cncc(-n2cncc2[C@@H]2CCCN2)c1. The number of aromatic nitrogens is 3. The highest BCUT2D eigenvalue weighted by Gasteiger charge is 2.20. The van der Waals surface area contributed by atoms with E-state index >= 15 is 0 Å². The zero-order chi connectivity index (χ0) is 10.8. The highest BCUT2D eigenvalue weighted by molar-refractivity contribution is 5.31. The first-order valence-electron chi connectivity index (χ1n) is 5.61. The number of nitrogens with zero attached hydrogens (tertiary/aromatic N) is 3. The maximum Gasteiger partial charge on any atom is 0.0995 e. The standard InChI is InChI=1S/C12H14N4/c1-3-10(7-13-5-1)16-9-14-8-12(16)11-4-2-6-15-11/h1,3,5,7-9,11,15H,2,4,6H2/t11-/m0/s1. The van der Waals surface area contributed by atoms with E-state index in [2.05, 4.69) is 19.9 Å². The Labute approximate surface area is 94.4 Å². The van der Waals surface area contributed by atoms with E-state index in [0.29, 0.717) is 6.04 Å². The lowest BCUT2D eigenvalue weighted by Gasteiger charge is -2.13. The predicted octanol–water partition coefficient (Wildman–Crippen LogP) is 1.69. The Balaban J connectivity index is 1.99. The van der Waals surface area contributed by atoms with Gasteiger partial charge in [-0.15, -0.1) is 0 Å². The second-order valence-corrected chi connectivity index (χ2v) is 4.05. The van der Waals surface area contributed by atoms with Crippen LogP contribution in [0.4, 0.5) is 0 Å². The molecule has 3 rings (SSSR count). The van der Waals surface area contributed by atoms with E-state index in [1.54, 1.807) is 6.20 Å². The fourth-order valence-electron chi connectivity index (χ4n) is 2.21. The molecule has 4 nitrogen and oxygen atoms in total. The topological polar surface area (TPSA) is 42.7 Å². The van der Waals surface area contributed by atoms with Crippen LogP contribution in [0.25, 0.3) is 5.69 Å². The molecule has 1 atom stereocenters. The van der Waals surface area contributed by atoms with Crippen molar-refractivity contribution in [3.63, 3.8) is 0 Å². The van der Waals surface area contributed by atoms with Crippen molar-refractivity contribution in [2.75, 3.05) is 6.54 Å². The minimum Gasteiger partial charge on any atom is -0.309 e. The van der Waals surface area contributed by atoms with Crippen LogP contribution in [-0.4, -0.2) is 21.1 Å². The summed E-state index contributed by atoms with van der Waals surface area (Å²) in [4.78, 5) is 8.38. The molecule has 4 heteroatoms. The summed E-state index contributed by atoms with van der Waals surface area (Å²) in [5, 5.41) is 3.49. The molecule has 0 aliphatic carbocycles. The maximum absolute atomic E-state index is 4.24. The molecule has 16 heavy (non-hydrogen) atoms. The van der Waals surface area contributed by atoms with Crippen LogP contribution in [0.2, 0.25) is 0 Å². The second-order valence-electron chi connectivity index (χ2n) is 4.05. The molecular formula is C12H14N4. The molecule has 1 aliphatic heterocycles. The zero-order valence-corrected chi connectivity index (χ0v) is 9.00. The second kappa shape index (κ2) is 4.06. The third-order valence-corrected chi connectivity index (χ3v) is 3.01. The fourth-order valence-corrected chi connectivity index (χ4v) is 2.21. The lowest BCUT2D eigenvalue weighted by atomic mass is 10.1. The Morgan fingerprint density at radius 2 is 2.31 bits per heavy atom. The van der Waals surface area contributed by atoms with Crippen molar-refractivity contribution in [1.82, 2.24) is 19.9 Å². The summed E-state index contributed by atoms with van der Waals surface area (Å²) in [5.74, 6) is 0. The monoisotopic (exact) mass is 214 g/mol. The van der Waals surface area contributed by atoms with Crippen LogP contribution >= 0.6 is 0 Å². The smallest absolute Gasteiger partial charge is 0.0995 e. The first-order valence-corrected chi connectivity index (χ1v) is 5.61. The van der Waals surface area contributed by atoms with Crippen LogP contribution in [0.3, 0.4) is 0 Å². The summed E-state index contributed by atoms with van der Waals surface area (Å²) in [6, 6.07) is 4.43. The summed E-state index contributed by atoms with van der Waals surface area (Å²) < 4.78 is 2.11. The summed E-state index contributed by atoms with van der Waals surface area (Å²) in [5.41, 5.74) is 2.30. The lowest BCUT2D eigenvalue weighted by Crippen LogP contribution is -2.16. The van der Waals surface area contributed by atoms with Crippen molar-refractivity contribution in [2.45, 2.75) is 18.9 Å². The first-order chi connectivity index (χ1) is 7.95. The van der Waals surface area contributed by atoms with E-state index in [9.17, 15) is 0 Å². The molecule has 3 heterocycles. The Kier molecular flexibility index (Phi) is 2.42. The number of hydrogen-bond acceptors (Lipinski definition) is 3. The van der Waals surface area contributed by atoms with Crippen LogP contribution in [0, 0.1) is 0 Å². The lowest BCUT2D eigenvalue weighted by molar-refractivity contribution is 0.615. The van der Waals surface area contributed by atoms with Gasteiger partial charge < -0.3 is 9.88 Å². The summed E-state index contributed by atoms with van der Waals surface area (Å²) in [6.45, 7) is 1.10. The third-order valence-electron chi connectivity index (χ3n) is 3.01. The molecule has 0 spiro atoms. The number of rotatable bonds is 2. The minimum absolute atomic E-state index is 0.433. The van der Waals surface area contributed by atoms with Crippen molar-refractivity contribution < 1.29 is 0 Å². The van der Waals surface area contributed by atoms with E-state index < -0.39 is 0 Å². The molecule has 0 radical (unpaired) electrons. The molecule has 0 bridgehead atoms. The Bertz CT molecular complexity index is 457. The van der Waals surface area contributed by atoms with Gasteiger partial charge in [0.25, 0.3) is 0 Å². The van der Waals surface area contributed by atoms with E-state index in [1.807, 2.05) is 30.9 Å². The Hall–Kier alpha value is -1.68. The number of pyridine rings is 1. The quantitative estimate of drug-likeness (QED) is 0.827. The molecular weight excluding hydrogens is 200 g/mol. The molecule has 0 aromatic carbocycles. The van der Waals surface area contributed by atoms with Gasteiger partial charge in [0, 0.05) is 12.2 Å². The average Bonchev–Trinajstić information content (AvgIpc) is 3.01. The van der Waals surface area contributed by atoms with Gasteiger partial charge in [-0.05, 0) is 31.5 Å². The van der Waals surface area contributed by atoms with Crippen molar-refractivity contribution >= 4 is 0 Å². The van der Waals surface area contributed by atoms with E-state index in [4.69, 9.17) is 0 Å². The van der Waals surface area contributed by atoms with Crippen LogP contribution < -0.4 is 5.32 Å². The summed E-state index contributed by atoms with van der Waals surface area (Å²) >= 11 is 0. The van der Waals surface area contributed by atoms with Gasteiger partial charge in [0.2, 0.25) is 0 Å². The first kappa shape index (κ1) is 9.54. The molecule has 1 fully saturated rings. The van der Waals surface area contributed by atoms with Gasteiger partial charge in [-0.2, -0.15) is 0 Å². The highest BCUT2D eigenvalue weighted by Crippen LogP contribution is 2.24. The Morgan fingerprint density at radius 3 is 3.06 bits per heavy atom. The third kappa shape index (κ3) is 1.61. The van der Waals surface area contributed by atoms with Crippen molar-refractivity contribution in [2.24, 2.45) is 0 Å². The van der Waals surface area contributed by atoms with E-state index in [0.717, 1.165) is 12.2 Å². The normalized spacial score (nSPS) is 20.1. The van der Waals surface area contributed by atoms with Gasteiger partial charge >= 0.3 is 0 Å². The molecule has 2 aromatic rings. The zero-order valence-electron chi connectivity index (χ0n) is 9.00. The van der Waals surface area contributed by atoms with Crippen LogP contribution in [0.5, 0.6) is 0 Å². The van der Waals surface area contributed by atoms with Gasteiger partial charge in [-0.1, -0.05) is 0 Å². The molecule has 1 aliphatic rings. The number of nitrogens with one attached hydrogen (secondary N) is 1. The molecule has 1 saturated heterocycles. The fraction of sp³-hybridized carbons (Fsp3) is 0.333. The van der Waals surface area contributed by atoms with E-state index in [-0.39, 0.29) is 0 Å². The molecule has 2 aromatic heterocycles. The van der Waals surface area contributed by atoms with Crippen LogP contribution in [0.1, 0.15) is 24.6 Å². The van der Waals surface area contributed by atoms with Gasteiger partial charge in [0.15, 0.2) is 0 Å². The largest absolute Gasteiger partial charge is 0.309 e. The summed E-state index contributed by atoms with van der Waals surface area (Å²) in [7, 11) is 0. The van der Waals surface area contributed by atoms with Crippen LogP contribution in [-0.2, 0) is 0 Å². The number of imidazole rings is 1. The summed E-state index contributed by atoms with van der Waals surface area (Å²) in [6.07, 6.45) is 9.87. The van der Waals surface area contributed by atoms with Gasteiger partial charge in [-0.25, -0.2) is 4.98 Å². The molecule has 0 amide bonds. The predicted molar refractivity (Wildman–Crippen MR) is 61.3 cm³/mol. The van der Waals surface area contributed by atoms with Crippen LogP contribution in [0.15, 0.2) is 37.1 Å². The van der Waals surface area contributed by atoms with Crippen molar-refractivity contribution in [3.05, 3.63) is 42.7 Å². The van der Waals surface area contributed by atoms with Gasteiger partial charge in [0.1, 0.15) is 0 Å². The molecule has 0 unspecified atom stereocenters. The van der Waals surface area contributed by atoms with Crippen molar-refractivity contribution in [1.29, 1.82) is 0 Å². The maximum atomic E-state index is 4.24. The van der Waals surface area contributed by atoms with Gasteiger partial charge in [0.05, 0.1) is 30.1 Å². The molecule has 82 valence electrons.